The van der Waals surface area contributed by atoms with Crippen LogP contribution in [0.15, 0.2) is 0 Å². The highest BCUT2D eigenvalue weighted by Gasteiger charge is 2.30. The van der Waals surface area contributed by atoms with Crippen molar-refractivity contribution in [2.24, 2.45) is 23.7 Å². The van der Waals surface area contributed by atoms with Crippen LogP contribution >= 0.6 is 15.6 Å². The molecule has 17 nitrogen and oxygen atoms in total. The first-order valence-electron chi connectivity index (χ1n) is 39.7. The second kappa shape index (κ2) is 66.3. The Morgan fingerprint density at radius 2 is 0.500 bits per heavy atom. The number of phosphoric ester groups is 2. The van der Waals surface area contributed by atoms with Gasteiger partial charge in [0.15, 0.2) is 12.2 Å². The SMILES string of the molecule is CCC(C)CCCCCCCCC(=O)OC[C@H](COP(=O)(O)OC[C@H](O)COP(=O)(O)OC[C@@H](COC(=O)CCCCCCCCCCC(C)C)OC(=O)CCCCCCCCCCCCCCCCCC(C)C)OC(=O)CCCCCCCCCCCCCCCCC(C)C. The number of hydrogen-bond donors (Lipinski definition) is 3. The van der Waals surface area contributed by atoms with Gasteiger partial charge < -0.3 is 33.8 Å². The zero-order valence-corrected chi connectivity index (χ0v) is 64.8. The molecule has 0 aromatic carbocycles. The van der Waals surface area contributed by atoms with Gasteiger partial charge >= 0.3 is 39.5 Å². The first-order valence-corrected chi connectivity index (χ1v) is 42.7. The van der Waals surface area contributed by atoms with Crippen LogP contribution in [0.2, 0.25) is 0 Å². The van der Waals surface area contributed by atoms with Crippen LogP contribution in [-0.4, -0.2) is 96.7 Å². The largest absolute Gasteiger partial charge is 0.472 e. The number of phosphoric acid groups is 2. The van der Waals surface area contributed by atoms with Crippen LogP contribution in [0, 0.1) is 23.7 Å². The summed E-state index contributed by atoms with van der Waals surface area (Å²) in [6.07, 6.45) is 51.4. The highest BCUT2D eigenvalue weighted by Crippen LogP contribution is 2.45. The van der Waals surface area contributed by atoms with Gasteiger partial charge in [-0.2, -0.15) is 0 Å². The van der Waals surface area contributed by atoms with Crippen LogP contribution in [0.1, 0.15) is 389 Å². The molecule has 0 aliphatic carbocycles. The van der Waals surface area contributed by atoms with Crippen LogP contribution in [0.5, 0.6) is 0 Å². The van der Waals surface area contributed by atoms with Crippen molar-refractivity contribution >= 4 is 39.5 Å². The van der Waals surface area contributed by atoms with Crippen molar-refractivity contribution in [1.29, 1.82) is 0 Å². The van der Waals surface area contributed by atoms with Gasteiger partial charge in [-0.05, 0) is 49.4 Å². The highest BCUT2D eigenvalue weighted by molar-refractivity contribution is 7.47. The Hall–Kier alpha value is -1.94. The number of hydrogen-bond acceptors (Lipinski definition) is 15. The molecule has 0 aliphatic rings. The average Bonchev–Trinajstić information content (AvgIpc) is 1.47. The average molecular weight is 1410 g/mol. The molecule has 3 N–H and O–H groups in total. The lowest BCUT2D eigenvalue weighted by Gasteiger charge is -2.21. The zero-order chi connectivity index (χ0) is 71.0. The summed E-state index contributed by atoms with van der Waals surface area (Å²) in [5.74, 6) is 0.934. The molecule has 0 saturated heterocycles. The van der Waals surface area contributed by atoms with Gasteiger partial charge in [-0.15, -0.1) is 0 Å². The number of ether oxygens (including phenoxy) is 4. The van der Waals surface area contributed by atoms with E-state index in [1.54, 1.807) is 0 Å². The molecule has 6 atom stereocenters. The Balaban J connectivity index is 5.22. The van der Waals surface area contributed by atoms with Crippen LogP contribution in [0.4, 0.5) is 0 Å². The van der Waals surface area contributed by atoms with E-state index in [0.717, 1.165) is 120 Å². The third-order valence-corrected chi connectivity index (χ3v) is 20.1. The zero-order valence-electron chi connectivity index (χ0n) is 63.0. The fraction of sp³-hybridized carbons (Fsp3) is 0.948. The molecule has 0 aromatic heterocycles. The number of esters is 4. The van der Waals surface area contributed by atoms with E-state index in [9.17, 15) is 43.2 Å². The van der Waals surface area contributed by atoms with Crippen molar-refractivity contribution in [3.05, 3.63) is 0 Å². The summed E-state index contributed by atoms with van der Waals surface area (Å²) in [6, 6.07) is 0. The Morgan fingerprint density at radius 3 is 0.740 bits per heavy atom. The minimum Gasteiger partial charge on any atom is -0.462 e. The summed E-state index contributed by atoms with van der Waals surface area (Å²) < 4.78 is 68.5. The molecule has 0 rings (SSSR count). The van der Waals surface area contributed by atoms with Crippen molar-refractivity contribution in [3.8, 4) is 0 Å². The number of carbonyl (C=O) groups excluding carboxylic acids is 4. The highest BCUT2D eigenvalue weighted by atomic mass is 31.2. The van der Waals surface area contributed by atoms with Gasteiger partial charge in [-0.3, -0.25) is 37.3 Å². The van der Waals surface area contributed by atoms with Crippen LogP contribution in [0.25, 0.3) is 0 Å². The summed E-state index contributed by atoms with van der Waals surface area (Å²) in [7, 11) is -9.91. The smallest absolute Gasteiger partial charge is 0.462 e. The number of unbranched alkanes of at least 4 members (excludes halogenated alkanes) is 39. The molecule has 0 radical (unpaired) electrons. The van der Waals surface area contributed by atoms with E-state index in [1.807, 2.05) is 0 Å². The first-order chi connectivity index (χ1) is 46.1. The quantitative estimate of drug-likeness (QED) is 0.0222. The van der Waals surface area contributed by atoms with Gasteiger partial charge in [0.1, 0.15) is 19.3 Å². The van der Waals surface area contributed by atoms with Crippen molar-refractivity contribution in [2.45, 2.75) is 408 Å². The maximum Gasteiger partial charge on any atom is 0.472 e. The van der Waals surface area contributed by atoms with Gasteiger partial charge in [-0.1, -0.05) is 338 Å². The molecule has 0 spiro atoms. The fourth-order valence-corrected chi connectivity index (χ4v) is 13.3. The minimum absolute atomic E-state index is 0.106. The molecular formula is C77H150O17P2. The molecule has 19 heteroatoms. The number of carbonyl (C=O) groups is 4. The molecule has 0 aliphatic heterocycles. The van der Waals surface area contributed by atoms with Crippen molar-refractivity contribution in [3.63, 3.8) is 0 Å². The van der Waals surface area contributed by atoms with Crippen molar-refractivity contribution < 1.29 is 80.2 Å². The molecule has 0 heterocycles. The number of aliphatic hydroxyl groups is 1. The molecule has 570 valence electrons. The summed E-state index contributed by atoms with van der Waals surface area (Å²) in [5.41, 5.74) is 0. The second-order valence-corrected chi connectivity index (χ2v) is 32.3. The lowest BCUT2D eigenvalue weighted by atomic mass is 10.00. The van der Waals surface area contributed by atoms with E-state index in [-0.39, 0.29) is 25.7 Å². The van der Waals surface area contributed by atoms with Crippen molar-refractivity contribution in [1.82, 2.24) is 0 Å². The molecule has 0 saturated carbocycles. The van der Waals surface area contributed by atoms with E-state index in [1.165, 1.54) is 186 Å². The minimum atomic E-state index is -4.96. The molecule has 96 heavy (non-hydrogen) atoms. The fourth-order valence-electron chi connectivity index (χ4n) is 11.7. The lowest BCUT2D eigenvalue weighted by molar-refractivity contribution is -0.161. The third kappa shape index (κ3) is 69.2. The Bertz CT molecular complexity index is 1890. The lowest BCUT2D eigenvalue weighted by Crippen LogP contribution is -2.30. The predicted molar refractivity (Wildman–Crippen MR) is 391 cm³/mol. The third-order valence-electron chi connectivity index (χ3n) is 18.2. The van der Waals surface area contributed by atoms with Crippen LogP contribution < -0.4 is 0 Å². The van der Waals surface area contributed by atoms with Crippen LogP contribution in [0.3, 0.4) is 0 Å². The summed E-state index contributed by atoms with van der Waals surface area (Å²) in [6.45, 7) is 14.2. The topological polar surface area (TPSA) is 237 Å². The maximum absolute atomic E-state index is 13.1. The summed E-state index contributed by atoms with van der Waals surface area (Å²) >= 11 is 0. The monoisotopic (exact) mass is 1410 g/mol. The van der Waals surface area contributed by atoms with E-state index in [4.69, 9.17) is 37.0 Å². The van der Waals surface area contributed by atoms with Gasteiger partial charge in [0.05, 0.1) is 26.4 Å². The normalized spacial score (nSPS) is 14.4. The van der Waals surface area contributed by atoms with Crippen molar-refractivity contribution in [2.75, 3.05) is 39.6 Å². The van der Waals surface area contributed by atoms with Gasteiger partial charge in [0.25, 0.3) is 0 Å². The Morgan fingerprint density at radius 1 is 0.292 bits per heavy atom. The number of aliphatic hydroxyl groups excluding tert-OH is 1. The molecule has 0 fully saturated rings. The Labute approximate surface area is 588 Å². The molecule has 0 aromatic rings. The van der Waals surface area contributed by atoms with E-state index in [0.29, 0.717) is 25.7 Å². The second-order valence-electron chi connectivity index (χ2n) is 29.4. The van der Waals surface area contributed by atoms with Gasteiger partial charge in [0, 0.05) is 25.7 Å². The molecule has 3 unspecified atom stereocenters. The maximum atomic E-state index is 13.1. The first kappa shape index (κ1) is 94.1. The van der Waals surface area contributed by atoms with E-state index < -0.39 is 97.5 Å². The number of rotatable bonds is 74. The van der Waals surface area contributed by atoms with E-state index >= 15 is 0 Å². The standard InChI is InChI=1S/C77H150O17P2/c1-9-70(8)56-48-40-35-36-42-50-58-75(80)88-64-73(94-77(82)60-52-44-34-26-22-18-14-13-16-20-24-30-38-46-54-68(4)5)66-92-96(85,86)90-62-71(78)61-89-95(83,84)91-65-72(63-87-74(79)57-49-41-32-28-27-31-39-47-55-69(6)7)93-76(81)59-51-43-33-25-21-17-12-10-11-15-19-23-29-37-45-53-67(2)3/h67-73,78H,9-66H2,1-8H3,(H,83,84)(H,85,86)/t70?,71-,72-,73-/m1/s1. The molecular weight excluding hydrogens is 1260 g/mol. The molecule has 0 bridgehead atoms. The summed E-state index contributed by atoms with van der Waals surface area (Å²) in [5, 5.41) is 10.6. The molecule has 0 amide bonds. The van der Waals surface area contributed by atoms with Crippen LogP contribution in [-0.2, 0) is 65.4 Å². The predicted octanol–water partition coefficient (Wildman–Crippen LogP) is 22.4. The van der Waals surface area contributed by atoms with E-state index in [2.05, 4.69) is 55.4 Å². The summed E-state index contributed by atoms with van der Waals surface area (Å²) in [4.78, 5) is 72.8. The van der Waals surface area contributed by atoms with Gasteiger partial charge in [0.2, 0.25) is 0 Å². The Kier molecular flexibility index (Phi) is 65.0. The van der Waals surface area contributed by atoms with Gasteiger partial charge in [-0.25, -0.2) is 9.13 Å².